The zero-order chi connectivity index (χ0) is 46.0. The summed E-state index contributed by atoms with van der Waals surface area (Å²) in [7, 11) is 0. The van der Waals surface area contributed by atoms with Crippen LogP contribution in [0.2, 0.25) is 0 Å². The standard InChI is InChI=1S/C64H59NO/c1-62(2,3)47-33-28-43(29-34-47)51-20-10-13-25-57(51)65(50-35-30-42(31-36-50)45-32-37-60-56(40-45)54-22-12-15-27-59(54)66-60)58-26-14-11-21-53(58)55-24-17-19-44-18-16-23-52(61(44)55)46-38-48(63(4,5)6)41-49(39-46)64(7,8)9/h10-41H,1-9H3. The number of para-hydroxylation sites is 3. The van der Waals surface area contributed by atoms with Crippen LogP contribution in [0.5, 0.6) is 0 Å². The van der Waals surface area contributed by atoms with E-state index < -0.39 is 0 Å². The van der Waals surface area contributed by atoms with E-state index in [1.807, 2.05) is 12.1 Å². The van der Waals surface area contributed by atoms with E-state index in [1.165, 1.54) is 55.3 Å². The molecule has 9 aromatic carbocycles. The maximum absolute atomic E-state index is 6.20. The molecule has 0 aliphatic rings. The fourth-order valence-corrected chi connectivity index (χ4v) is 9.53. The van der Waals surface area contributed by atoms with Crippen LogP contribution in [-0.2, 0) is 16.2 Å². The van der Waals surface area contributed by atoms with Gasteiger partial charge in [-0.15, -0.1) is 0 Å². The first kappa shape index (κ1) is 42.8. The van der Waals surface area contributed by atoms with Gasteiger partial charge in [-0.3, -0.25) is 0 Å². The predicted molar refractivity (Wildman–Crippen MR) is 284 cm³/mol. The molecule has 0 atom stereocenters. The van der Waals surface area contributed by atoms with E-state index in [0.29, 0.717) is 0 Å². The van der Waals surface area contributed by atoms with E-state index in [0.717, 1.165) is 55.7 Å². The van der Waals surface area contributed by atoms with Crippen LogP contribution in [0.25, 0.3) is 77.2 Å². The first-order chi connectivity index (χ1) is 31.6. The lowest BCUT2D eigenvalue weighted by atomic mass is 9.78. The minimum absolute atomic E-state index is 0.00703. The molecule has 0 aliphatic heterocycles. The number of hydrogen-bond donors (Lipinski definition) is 0. The number of hydrogen-bond acceptors (Lipinski definition) is 2. The average molecular weight is 858 g/mol. The van der Waals surface area contributed by atoms with Gasteiger partial charge in [0.2, 0.25) is 0 Å². The van der Waals surface area contributed by atoms with Crippen molar-refractivity contribution in [1.82, 2.24) is 0 Å². The maximum atomic E-state index is 6.20. The summed E-state index contributed by atoms with van der Waals surface area (Å²) in [5.41, 5.74) is 18.7. The summed E-state index contributed by atoms with van der Waals surface area (Å²) < 4.78 is 6.20. The van der Waals surface area contributed by atoms with Crippen LogP contribution in [0.3, 0.4) is 0 Å². The number of fused-ring (bicyclic) bond motifs is 4. The molecule has 1 heterocycles. The highest BCUT2D eigenvalue weighted by molar-refractivity contribution is 6.10. The van der Waals surface area contributed by atoms with Gasteiger partial charge in [0.15, 0.2) is 0 Å². The summed E-state index contributed by atoms with van der Waals surface area (Å²) in [5.74, 6) is 0. The van der Waals surface area contributed by atoms with Crippen LogP contribution in [0.1, 0.15) is 79.0 Å². The average Bonchev–Trinajstić information content (AvgIpc) is 3.69. The summed E-state index contributed by atoms with van der Waals surface area (Å²) >= 11 is 0. The minimum atomic E-state index is -0.00703. The second-order valence-electron chi connectivity index (χ2n) is 21.1. The SMILES string of the molecule is CC(C)(C)c1ccc(-c2ccccc2N(c2ccc(-c3ccc4oc5ccccc5c4c3)cc2)c2ccccc2-c2cccc3cccc(-c4cc(C(C)(C)C)cc(C(C)(C)C)c4)c23)cc1. The molecule has 326 valence electrons. The monoisotopic (exact) mass is 857 g/mol. The lowest BCUT2D eigenvalue weighted by Gasteiger charge is -2.30. The first-order valence-corrected chi connectivity index (χ1v) is 23.4. The molecular weight excluding hydrogens is 799 g/mol. The Bertz CT molecular complexity index is 3360. The third-order valence-corrected chi connectivity index (χ3v) is 13.4. The molecule has 0 radical (unpaired) electrons. The first-order valence-electron chi connectivity index (χ1n) is 23.4. The van der Waals surface area contributed by atoms with Crippen molar-refractivity contribution in [1.29, 1.82) is 0 Å². The van der Waals surface area contributed by atoms with Crippen LogP contribution in [0, 0.1) is 0 Å². The Balaban J connectivity index is 1.18. The second-order valence-corrected chi connectivity index (χ2v) is 21.1. The molecule has 66 heavy (non-hydrogen) atoms. The van der Waals surface area contributed by atoms with E-state index in [1.54, 1.807) is 0 Å². The number of furan rings is 1. The maximum Gasteiger partial charge on any atom is 0.135 e. The van der Waals surface area contributed by atoms with Gasteiger partial charge in [0.05, 0.1) is 11.4 Å². The molecular formula is C64H59NO. The summed E-state index contributed by atoms with van der Waals surface area (Å²) in [5, 5.41) is 4.73. The van der Waals surface area contributed by atoms with Crippen LogP contribution in [0.15, 0.2) is 199 Å². The molecule has 0 saturated carbocycles. The van der Waals surface area contributed by atoms with E-state index in [-0.39, 0.29) is 16.2 Å². The highest BCUT2D eigenvalue weighted by Crippen LogP contribution is 2.48. The van der Waals surface area contributed by atoms with E-state index in [2.05, 4.69) is 249 Å². The predicted octanol–water partition coefficient (Wildman–Crippen LogP) is 18.8. The lowest BCUT2D eigenvalue weighted by Crippen LogP contribution is -2.16. The second kappa shape index (κ2) is 16.4. The van der Waals surface area contributed by atoms with Gasteiger partial charge in [-0.05, 0) is 120 Å². The van der Waals surface area contributed by atoms with Crippen molar-refractivity contribution in [3.8, 4) is 44.5 Å². The molecule has 2 nitrogen and oxygen atoms in total. The lowest BCUT2D eigenvalue weighted by molar-refractivity contribution is 0.569. The van der Waals surface area contributed by atoms with E-state index in [9.17, 15) is 0 Å². The molecule has 0 saturated heterocycles. The van der Waals surface area contributed by atoms with Gasteiger partial charge >= 0.3 is 0 Å². The highest BCUT2D eigenvalue weighted by atomic mass is 16.3. The van der Waals surface area contributed by atoms with E-state index >= 15 is 0 Å². The highest BCUT2D eigenvalue weighted by Gasteiger charge is 2.25. The Hall–Kier alpha value is -7.16. The topological polar surface area (TPSA) is 16.4 Å². The van der Waals surface area contributed by atoms with Crippen molar-refractivity contribution < 1.29 is 4.42 Å². The summed E-state index contributed by atoms with van der Waals surface area (Å²) in [4.78, 5) is 2.47. The number of nitrogens with zero attached hydrogens (tertiary/aromatic N) is 1. The third-order valence-electron chi connectivity index (χ3n) is 13.4. The molecule has 10 rings (SSSR count). The normalized spacial score (nSPS) is 12.3. The zero-order valence-electron chi connectivity index (χ0n) is 39.8. The Morgan fingerprint density at radius 2 is 0.848 bits per heavy atom. The van der Waals surface area contributed by atoms with E-state index in [4.69, 9.17) is 4.42 Å². The molecule has 0 fully saturated rings. The van der Waals surface area contributed by atoms with Gasteiger partial charge in [-0.25, -0.2) is 0 Å². The van der Waals surface area contributed by atoms with Crippen molar-refractivity contribution in [3.05, 3.63) is 211 Å². The molecule has 1 aromatic heterocycles. The number of anilines is 3. The molecule has 2 heteroatoms. The van der Waals surface area contributed by atoms with Crippen molar-refractivity contribution in [3.63, 3.8) is 0 Å². The molecule has 0 bridgehead atoms. The fourth-order valence-electron chi connectivity index (χ4n) is 9.53. The largest absolute Gasteiger partial charge is 0.456 e. The molecule has 0 spiro atoms. The van der Waals surface area contributed by atoms with Gasteiger partial charge in [0.25, 0.3) is 0 Å². The number of rotatable bonds is 7. The van der Waals surface area contributed by atoms with Crippen LogP contribution in [-0.4, -0.2) is 0 Å². The molecule has 0 amide bonds. The Kier molecular flexibility index (Phi) is 10.6. The molecule has 0 N–H and O–H groups in total. The van der Waals surface area contributed by atoms with Crippen molar-refractivity contribution in [2.75, 3.05) is 4.90 Å². The van der Waals surface area contributed by atoms with Crippen LogP contribution in [0.4, 0.5) is 17.1 Å². The van der Waals surface area contributed by atoms with Gasteiger partial charge in [-0.2, -0.15) is 0 Å². The minimum Gasteiger partial charge on any atom is -0.456 e. The third kappa shape index (κ3) is 8.00. The number of benzene rings is 9. The van der Waals surface area contributed by atoms with Gasteiger partial charge in [-0.1, -0.05) is 214 Å². The molecule has 0 unspecified atom stereocenters. The van der Waals surface area contributed by atoms with Gasteiger partial charge in [0, 0.05) is 27.6 Å². The summed E-state index contributed by atoms with van der Waals surface area (Å²) in [6, 6.07) is 71.8. The van der Waals surface area contributed by atoms with Gasteiger partial charge in [0.1, 0.15) is 11.2 Å². The molecule has 0 aliphatic carbocycles. The van der Waals surface area contributed by atoms with Crippen molar-refractivity contribution >= 4 is 49.8 Å². The van der Waals surface area contributed by atoms with Crippen molar-refractivity contribution in [2.24, 2.45) is 0 Å². The van der Waals surface area contributed by atoms with Crippen LogP contribution < -0.4 is 4.90 Å². The smallest absolute Gasteiger partial charge is 0.135 e. The Labute approximate surface area is 391 Å². The zero-order valence-corrected chi connectivity index (χ0v) is 39.8. The summed E-state index contributed by atoms with van der Waals surface area (Å²) in [6.07, 6.45) is 0. The van der Waals surface area contributed by atoms with Crippen molar-refractivity contribution in [2.45, 2.75) is 78.6 Å². The Morgan fingerprint density at radius 3 is 1.50 bits per heavy atom. The summed E-state index contributed by atoms with van der Waals surface area (Å²) in [6.45, 7) is 20.7. The van der Waals surface area contributed by atoms with Crippen LogP contribution >= 0.6 is 0 Å². The molecule has 10 aromatic rings. The quantitative estimate of drug-likeness (QED) is 0.159. The fraction of sp³-hybridized carbons (Fsp3) is 0.188. The Morgan fingerprint density at radius 1 is 0.333 bits per heavy atom. The van der Waals surface area contributed by atoms with Gasteiger partial charge < -0.3 is 9.32 Å².